The Balaban J connectivity index is 1.41. The zero-order valence-corrected chi connectivity index (χ0v) is 15.2. The molecule has 0 aliphatic carbocycles. The molecule has 0 aromatic carbocycles. The number of morpholine rings is 2. The highest BCUT2D eigenvalue weighted by atomic mass is 16.5. The third-order valence-electron chi connectivity index (χ3n) is 4.51. The maximum Gasteiger partial charge on any atom is 0.224 e. The van der Waals surface area contributed by atoms with E-state index in [-0.39, 0.29) is 0 Å². The molecule has 8 nitrogen and oxygen atoms in total. The molecule has 2 N–H and O–H groups in total. The van der Waals surface area contributed by atoms with Crippen LogP contribution in [0, 0.1) is 6.92 Å². The molecule has 3 rings (SSSR count). The number of hydrogen-bond acceptors (Lipinski definition) is 8. The van der Waals surface area contributed by atoms with Crippen molar-refractivity contribution in [2.24, 2.45) is 0 Å². The molecule has 0 unspecified atom stereocenters. The van der Waals surface area contributed by atoms with Crippen LogP contribution >= 0.6 is 0 Å². The lowest BCUT2D eigenvalue weighted by molar-refractivity contribution is 0.0398. The monoisotopic (exact) mass is 350 g/mol. The lowest BCUT2D eigenvalue weighted by Crippen LogP contribution is -2.39. The number of anilines is 2. The van der Waals surface area contributed by atoms with Crippen LogP contribution < -0.4 is 10.6 Å². The second-order valence-electron chi connectivity index (χ2n) is 6.48. The SMILES string of the molecule is Cc1cc(NCCN2CCOCC2)nc(NCCN2CCOCC2)n1. The predicted molar refractivity (Wildman–Crippen MR) is 98.3 cm³/mol. The maximum atomic E-state index is 5.38. The van der Waals surface area contributed by atoms with Gasteiger partial charge in [0.2, 0.25) is 5.95 Å². The summed E-state index contributed by atoms with van der Waals surface area (Å²) in [5.41, 5.74) is 0.970. The molecule has 3 heterocycles. The van der Waals surface area contributed by atoms with E-state index >= 15 is 0 Å². The average Bonchev–Trinajstić information content (AvgIpc) is 2.63. The summed E-state index contributed by atoms with van der Waals surface area (Å²) >= 11 is 0. The third-order valence-corrected chi connectivity index (χ3v) is 4.51. The summed E-state index contributed by atoms with van der Waals surface area (Å²) < 4.78 is 10.7. The lowest BCUT2D eigenvalue weighted by atomic mass is 10.4. The molecule has 0 radical (unpaired) electrons. The molecule has 0 spiro atoms. The van der Waals surface area contributed by atoms with Crippen molar-refractivity contribution in [2.75, 3.05) is 89.4 Å². The van der Waals surface area contributed by atoms with Crippen LogP contribution in [0.15, 0.2) is 6.07 Å². The van der Waals surface area contributed by atoms with E-state index in [1.165, 1.54) is 0 Å². The summed E-state index contributed by atoms with van der Waals surface area (Å²) in [5.74, 6) is 1.58. The van der Waals surface area contributed by atoms with E-state index in [0.29, 0.717) is 5.95 Å². The lowest BCUT2D eigenvalue weighted by Gasteiger charge is -2.26. The van der Waals surface area contributed by atoms with Gasteiger partial charge >= 0.3 is 0 Å². The van der Waals surface area contributed by atoms with E-state index in [1.807, 2.05) is 13.0 Å². The first-order chi connectivity index (χ1) is 12.3. The molecule has 8 heteroatoms. The molecule has 0 atom stereocenters. The second-order valence-corrected chi connectivity index (χ2v) is 6.48. The van der Waals surface area contributed by atoms with Gasteiger partial charge in [-0.15, -0.1) is 0 Å². The quantitative estimate of drug-likeness (QED) is 0.692. The summed E-state index contributed by atoms with van der Waals surface area (Å²) in [6, 6.07) is 1.99. The Morgan fingerprint density at radius 1 is 0.880 bits per heavy atom. The van der Waals surface area contributed by atoms with Gasteiger partial charge in [-0.2, -0.15) is 4.98 Å². The highest BCUT2D eigenvalue weighted by molar-refractivity contribution is 5.42. The first-order valence-electron chi connectivity index (χ1n) is 9.23. The summed E-state index contributed by atoms with van der Waals surface area (Å²) in [6.07, 6.45) is 0. The van der Waals surface area contributed by atoms with Gasteiger partial charge in [0.05, 0.1) is 26.4 Å². The molecular formula is C17H30N6O2. The van der Waals surface area contributed by atoms with E-state index in [0.717, 1.165) is 90.3 Å². The van der Waals surface area contributed by atoms with Crippen LogP contribution in [0.4, 0.5) is 11.8 Å². The Morgan fingerprint density at radius 3 is 2.04 bits per heavy atom. The Bertz CT molecular complexity index is 476. The number of aromatic nitrogens is 2. The number of hydrogen-bond donors (Lipinski definition) is 2. The van der Waals surface area contributed by atoms with Gasteiger partial charge in [-0.25, -0.2) is 4.98 Å². The van der Waals surface area contributed by atoms with E-state index in [4.69, 9.17) is 9.47 Å². The molecule has 0 saturated carbocycles. The fourth-order valence-corrected chi connectivity index (χ4v) is 3.06. The highest BCUT2D eigenvalue weighted by Crippen LogP contribution is 2.09. The van der Waals surface area contributed by atoms with Gasteiger partial charge in [0.25, 0.3) is 0 Å². The number of nitrogens with one attached hydrogen (secondary N) is 2. The molecule has 0 bridgehead atoms. The highest BCUT2D eigenvalue weighted by Gasteiger charge is 2.11. The van der Waals surface area contributed by atoms with Gasteiger partial charge in [-0.05, 0) is 6.92 Å². The molecule has 140 valence electrons. The van der Waals surface area contributed by atoms with Crippen molar-refractivity contribution in [3.05, 3.63) is 11.8 Å². The molecule has 25 heavy (non-hydrogen) atoms. The molecule has 0 amide bonds. The topological polar surface area (TPSA) is 74.8 Å². The van der Waals surface area contributed by atoms with E-state index in [1.54, 1.807) is 0 Å². The van der Waals surface area contributed by atoms with Crippen molar-refractivity contribution in [1.29, 1.82) is 0 Å². The van der Waals surface area contributed by atoms with Crippen molar-refractivity contribution in [2.45, 2.75) is 6.92 Å². The maximum absolute atomic E-state index is 5.38. The first-order valence-corrected chi connectivity index (χ1v) is 9.23. The zero-order valence-electron chi connectivity index (χ0n) is 15.2. The summed E-state index contributed by atoms with van der Waals surface area (Å²) in [7, 11) is 0. The molecule has 2 aliphatic heterocycles. The van der Waals surface area contributed by atoms with Crippen molar-refractivity contribution < 1.29 is 9.47 Å². The Morgan fingerprint density at radius 2 is 1.44 bits per heavy atom. The van der Waals surface area contributed by atoms with Crippen LogP contribution in [-0.2, 0) is 9.47 Å². The minimum atomic E-state index is 0.696. The fraction of sp³-hybridized carbons (Fsp3) is 0.765. The molecule has 2 aliphatic rings. The second kappa shape index (κ2) is 9.86. The van der Waals surface area contributed by atoms with Gasteiger partial charge in [0.1, 0.15) is 5.82 Å². The van der Waals surface area contributed by atoms with Crippen molar-refractivity contribution >= 4 is 11.8 Å². The Kier molecular flexibility index (Phi) is 7.22. The van der Waals surface area contributed by atoms with E-state index in [2.05, 4.69) is 30.4 Å². The minimum Gasteiger partial charge on any atom is -0.379 e. The molecular weight excluding hydrogens is 320 g/mol. The van der Waals surface area contributed by atoms with Crippen LogP contribution in [0.3, 0.4) is 0 Å². The number of rotatable bonds is 8. The molecule has 1 aromatic heterocycles. The molecule has 1 aromatic rings. The fourth-order valence-electron chi connectivity index (χ4n) is 3.06. The van der Waals surface area contributed by atoms with Crippen molar-refractivity contribution in [3.63, 3.8) is 0 Å². The van der Waals surface area contributed by atoms with E-state index < -0.39 is 0 Å². The smallest absolute Gasteiger partial charge is 0.224 e. The average molecular weight is 350 g/mol. The van der Waals surface area contributed by atoms with Crippen LogP contribution in [0.25, 0.3) is 0 Å². The largest absolute Gasteiger partial charge is 0.379 e. The van der Waals surface area contributed by atoms with Gasteiger partial charge in [0.15, 0.2) is 0 Å². The summed E-state index contributed by atoms with van der Waals surface area (Å²) in [5, 5.41) is 6.75. The Hall–Kier alpha value is -1.48. The van der Waals surface area contributed by atoms with Crippen LogP contribution in [0.2, 0.25) is 0 Å². The molecule has 2 fully saturated rings. The third kappa shape index (κ3) is 6.39. The van der Waals surface area contributed by atoms with E-state index in [9.17, 15) is 0 Å². The molecule has 2 saturated heterocycles. The van der Waals surface area contributed by atoms with Gasteiger partial charge in [0, 0.05) is 64.1 Å². The van der Waals surface area contributed by atoms with Crippen LogP contribution in [0.1, 0.15) is 5.69 Å². The standard InChI is InChI=1S/C17H30N6O2/c1-15-14-16(18-2-4-22-6-10-24-11-7-22)21-17(20-15)19-3-5-23-8-12-25-13-9-23/h14H,2-13H2,1H3,(H2,18,19,20,21). The number of ether oxygens (including phenoxy) is 2. The van der Waals surface area contributed by atoms with Gasteiger partial charge in [-0.3, -0.25) is 9.80 Å². The van der Waals surface area contributed by atoms with Gasteiger partial charge < -0.3 is 20.1 Å². The number of nitrogens with zero attached hydrogens (tertiary/aromatic N) is 4. The minimum absolute atomic E-state index is 0.696. The summed E-state index contributed by atoms with van der Waals surface area (Å²) in [4.78, 5) is 13.9. The van der Waals surface area contributed by atoms with Gasteiger partial charge in [-0.1, -0.05) is 0 Å². The Labute approximate surface area is 149 Å². The number of aryl methyl sites for hydroxylation is 1. The summed E-state index contributed by atoms with van der Waals surface area (Å²) in [6.45, 7) is 13.1. The van der Waals surface area contributed by atoms with Crippen molar-refractivity contribution in [1.82, 2.24) is 19.8 Å². The van der Waals surface area contributed by atoms with Crippen molar-refractivity contribution in [3.8, 4) is 0 Å². The zero-order chi connectivity index (χ0) is 17.3. The normalized spacial score (nSPS) is 19.7. The predicted octanol–water partition coefficient (Wildman–Crippen LogP) is 0.273. The van der Waals surface area contributed by atoms with Crippen LogP contribution in [-0.4, -0.2) is 98.6 Å². The first kappa shape index (κ1) is 18.3. The van der Waals surface area contributed by atoms with Crippen LogP contribution in [0.5, 0.6) is 0 Å².